The molecule has 0 atom stereocenters. The van der Waals surface area contributed by atoms with Gasteiger partial charge in [-0.2, -0.15) is 0 Å². The second-order valence-electron chi connectivity index (χ2n) is 6.23. The van der Waals surface area contributed by atoms with E-state index >= 15 is 0 Å². The zero-order valence-corrected chi connectivity index (χ0v) is 16.0. The first-order chi connectivity index (χ1) is 13.2. The smallest absolute Gasteiger partial charge is 0.184 e. The minimum Gasteiger partial charge on any atom is -0.489 e. The van der Waals surface area contributed by atoms with Crippen LogP contribution in [0.15, 0.2) is 66.7 Å². The molecule has 27 heavy (non-hydrogen) atoms. The maximum absolute atomic E-state index is 6.50. The molecule has 0 amide bonds. The highest BCUT2D eigenvalue weighted by Crippen LogP contribution is 2.39. The molecule has 0 aliphatic carbocycles. The van der Waals surface area contributed by atoms with Crippen LogP contribution in [0.4, 0.5) is 0 Å². The van der Waals surface area contributed by atoms with Gasteiger partial charge < -0.3 is 14.2 Å². The second-order valence-corrected chi connectivity index (χ2v) is 7.05. The average Bonchev–Trinajstić information content (AvgIpc) is 3.22. The Labute approximate surface area is 168 Å². The SMILES string of the molecule is Clc1cc(C2OCCO2)cc(Cl)c1-c1ccc(OCc2ccccc2)cc1. The summed E-state index contributed by atoms with van der Waals surface area (Å²) < 4.78 is 16.9. The van der Waals surface area contributed by atoms with Crippen molar-refractivity contribution >= 4 is 23.2 Å². The molecule has 0 aromatic heterocycles. The fraction of sp³-hybridized carbons (Fsp3) is 0.182. The third-order valence-corrected chi connectivity index (χ3v) is 4.95. The fourth-order valence-corrected chi connectivity index (χ4v) is 3.74. The molecule has 0 unspecified atom stereocenters. The first kappa shape index (κ1) is 18.3. The average molecular weight is 401 g/mol. The van der Waals surface area contributed by atoms with Crippen LogP contribution >= 0.6 is 23.2 Å². The number of hydrogen-bond acceptors (Lipinski definition) is 3. The topological polar surface area (TPSA) is 27.7 Å². The molecule has 0 saturated carbocycles. The van der Waals surface area contributed by atoms with Crippen LogP contribution < -0.4 is 4.74 Å². The molecule has 4 rings (SSSR count). The number of hydrogen-bond donors (Lipinski definition) is 0. The van der Waals surface area contributed by atoms with E-state index in [1.165, 1.54) is 0 Å². The Morgan fingerprint density at radius 3 is 2.11 bits per heavy atom. The number of benzene rings is 3. The highest BCUT2D eigenvalue weighted by molar-refractivity contribution is 6.39. The van der Waals surface area contributed by atoms with E-state index in [1.807, 2.05) is 66.7 Å². The van der Waals surface area contributed by atoms with Crippen LogP contribution in [-0.2, 0) is 16.1 Å². The van der Waals surface area contributed by atoms with Crippen molar-refractivity contribution in [1.82, 2.24) is 0 Å². The van der Waals surface area contributed by atoms with Crippen LogP contribution in [0.3, 0.4) is 0 Å². The van der Waals surface area contributed by atoms with Crippen molar-refractivity contribution in [3.63, 3.8) is 0 Å². The van der Waals surface area contributed by atoms with Crippen LogP contribution in [0.2, 0.25) is 10.0 Å². The van der Waals surface area contributed by atoms with Crippen LogP contribution in [0.1, 0.15) is 17.4 Å². The Hall–Kier alpha value is -2.04. The molecule has 138 valence electrons. The van der Waals surface area contributed by atoms with Gasteiger partial charge in [0.25, 0.3) is 0 Å². The third kappa shape index (κ3) is 4.28. The lowest BCUT2D eigenvalue weighted by molar-refractivity contribution is -0.0440. The van der Waals surface area contributed by atoms with Crippen molar-refractivity contribution in [3.8, 4) is 16.9 Å². The fourth-order valence-electron chi connectivity index (χ4n) is 3.01. The van der Waals surface area contributed by atoms with Gasteiger partial charge in [-0.3, -0.25) is 0 Å². The number of rotatable bonds is 5. The normalized spacial score (nSPS) is 14.4. The third-order valence-electron chi connectivity index (χ3n) is 4.35. The summed E-state index contributed by atoms with van der Waals surface area (Å²) in [6.45, 7) is 1.68. The van der Waals surface area contributed by atoms with Crippen molar-refractivity contribution in [2.24, 2.45) is 0 Å². The molecule has 3 aromatic carbocycles. The van der Waals surface area contributed by atoms with Crippen molar-refractivity contribution in [2.75, 3.05) is 13.2 Å². The summed E-state index contributed by atoms with van der Waals surface area (Å²) in [7, 11) is 0. The van der Waals surface area contributed by atoms with E-state index in [4.69, 9.17) is 37.4 Å². The summed E-state index contributed by atoms with van der Waals surface area (Å²) in [4.78, 5) is 0. The van der Waals surface area contributed by atoms with Gasteiger partial charge >= 0.3 is 0 Å². The van der Waals surface area contributed by atoms with Gasteiger partial charge in [0.05, 0.1) is 23.3 Å². The van der Waals surface area contributed by atoms with Crippen LogP contribution in [0.25, 0.3) is 11.1 Å². The van der Waals surface area contributed by atoms with Gasteiger partial charge in [-0.15, -0.1) is 0 Å². The Morgan fingerprint density at radius 1 is 0.852 bits per heavy atom. The highest BCUT2D eigenvalue weighted by atomic mass is 35.5. The minimum absolute atomic E-state index is 0.400. The predicted octanol–water partition coefficient (Wildman–Crippen LogP) is 6.28. The van der Waals surface area contributed by atoms with Gasteiger partial charge in [0.2, 0.25) is 0 Å². The van der Waals surface area contributed by atoms with E-state index in [-0.39, 0.29) is 0 Å². The molecule has 3 aromatic rings. The van der Waals surface area contributed by atoms with Gasteiger partial charge in [-0.1, -0.05) is 65.7 Å². The minimum atomic E-state index is -0.400. The van der Waals surface area contributed by atoms with Crippen molar-refractivity contribution < 1.29 is 14.2 Å². The van der Waals surface area contributed by atoms with Crippen LogP contribution in [0.5, 0.6) is 5.75 Å². The summed E-state index contributed by atoms with van der Waals surface area (Å²) in [5, 5.41) is 1.13. The largest absolute Gasteiger partial charge is 0.489 e. The molecule has 1 aliphatic rings. The Bertz CT molecular complexity index is 882. The molecule has 0 bridgehead atoms. The Kier molecular flexibility index (Phi) is 5.65. The monoisotopic (exact) mass is 400 g/mol. The molecule has 0 N–H and O–H groups in total. The lowest BCUT2D eigenvalue weighted by Gasteiger charge is -2.14. The van der Waals surface area contributed by atoms with E-state index in [0.29, 0.717) is 29.9 Å². The molecule has 1 fully saturated rings. The maximum Gasteiger partial charge on any atom is 0.184 e. The van der Waals surface area contributed by atoms with Gasteiger partial charge in [0.15, 0.2) is 6.29 Å². The molecule has 0 spiro atoms. The maximum atomic E-state index is 6.50. The summed E-state index contributed by atoms with van der Waals surface area (Å²) in [6.07, 6.45) is -0.400. The van der Waals surface area contributed by atoms with Crippen LogP contribution in [0, 0.1) is 0 Å². The molecule has 1 heterocycles. The molecule has 5 heteroatoms. The highest BCUT2D eigenvalue weighted by Gasteiger charge is 2.21. The van der Waals surface area contributed by atoms with E-state index in [0.717, 1.165) is 28.0 Å². The van der Waals surface area contributed by atoms with Crippen molar-refractivity contribution in [3.05, 3.63) is 87.9 Å². The standard InChI is InChI=1S/C22H18Cl2O3/c23-19-12-17(22-25-10-11-26-22)13-20(24)21(19)16-6-8-18(9-7-16)27-14-15-4-2-1-3-5-15/h1-9,12-13,22H,10-11,14H2. The zero-order valence-electron chi connectivity index (χ0n) is 14.5. The zero-order chi connectivity index (χ0) is 18.6. The Morgan fingerprint density at radius 2 is 1.48 bits per heavy atom. The molecule has 1 aliphatic heterocycles. The van der Waals surface area contributed by atoms with Gasteiger partial charge in [-0.25, -0.2) is 0 Å². The van der Waals surface area contributed by atoms with E-state index in [9.17, 15) is 0 Å². The predicted molar refractivity (Wildman–Crippen MR) is 107 cm³/mol. The first-order valence-corrected chi connectivity index (χ1v) is 9.45. The van der Waals surface area contributed by atoms with Crippen molar-refractivity contribution in [2.45, 2.75) is 12.9 Å². The van der Waals surface area contributed by atoms with E-state index < -0.39 is 6.29 Å². The number of halogens is 2. The lowest BCUT2D eigenvalue weighted by Crippen LogP contribution is -1.99. The molecule has 1 saturated heterocycles. The van der Waals surface area contributed by atoms with E-state index in [2.05, 4.69) is 0 Å². The number of ether oxygens (including phenoxy) is 3. The van der Waals surface area contributed by atoms with Crippen molar-refractivity contribution in [1.29, 1.82) is 0 Å². The quantitative estimate of drug-likeness (QED) is 0.503. The Balaban J connectivity index is 1.51. The lowest BCUT2D eigenvalue weighted by atomic mass is 10.0. The van der Waals surface area contributed by atoms with E-state index in [1.54, 1.807) is 0 Å². The molecular weight excluding hydrogens is 383 g/mol. The second kappa shape index (κ2) is 8.32. The molecular formula is C22H18Cl2O3. The summed E-state index contributed by atoms with van der Waals surface area (Å²) in [6, 6.07) is 21.5. The van der Waals surface area contributed by atoms with Gasteiger partial charge in [-0.05, 0) is 35.4 Å². The first-order valence-electron chi connectivity index (χ1n) is 8.70. The summed E-state index contributed by atoms with van der Waals surface area (Å²) in [5.41, 5.74) is 3.67. The molecule has 3 nitrogen and oxygen atoms in total. The van der Waals surface area contributed by atoms with Gasteiger partial charge in [0.1, 0.15) is 12.4 Å². The van der Waals surface area contributed by atoms with Crippen LogP contribution in [-0.4, -0.2) is 13.2 Å². The summed E-state index contributed by atoms with van der Waals surface area (Å²) in [5.74, 6) is 0.791. The summed E-state index contributed by atoms with van der Waals surface area (Å²) >= 11 is 13.0. The van der Waals surface area contributed by atoms with Gasteiger partial charge in [0, 0.05) is 11.1 Å². The molecule has 0 radical (unpaired) electrons.